The van der Waals surface area contributed by atoms with E-state index in [1.165, 1.54) is 0 Å². The van der Waals surface area contributed by atoms with Gasteiger partial charge in [-0.25, -0.2) is 9.97 Å². The van der Waals surface area contributed by atoms with E-state index < -0.39 is 6.10 Å². The number of hydrogen-bond donors (Lipinski definition) is 2. The van der Waals surface area contributed by atoms with Crippen LogP contribution in [0.5, 0.6) is 0 Å². The van der Waals surface area contributed by atoms with Crippen LogP contribution < -0.4 is 10.2 Å². The van der Waals surface area contributed by atoms with Crippen LogP contribution in [0.4, 0.5) is 5.95 Å². The molecule has 1 aromatic heterocycles. The lowest BCUT2D eigenvalue weighted by molar-refractivity contribution is -0.129. The highest BCUT2D eigenvalue weighted by molar-refractivity contribution is 7.98. The monoisotopic (exact) mass is 339 g/mol. The molecule has 0 aliphatic carbocycles. The molecule has 2 rings (SSSR count). The fraction of sp³-hybridized carbons (Fsp3) is 0.667. The normalized spacial score (nSPS) is 17.0. The molecule has 1 aliphatic rings. The average molecular weight is 339 g/mol. The molecule has 128 valence electrons. The molecular formula is C15H25N5O2S. The molecule has 1 unspecified atom stereocenters. The number of aromatic nitrogens is 2. The van der Waals surface area contributed by atoms with Crippen molar-refractivity contribution in [2.24, 2.45) is 0 Å². The molecule has 0 bridgehead atoms. The Kier molecular flexibility index (Phi) is 7.57. The van der Waals surface area contributed by atoms with E-state index in [0.717, 1.165) is 44.4 Å². The summed E-state index contributed by atoms with van der Waals surface area (Å²) in [6.45, 7) is 4.97. The van der Waals surface area contributed by atoms with Crippen LogP contribution in [-0.4, -0.2) is 83.3 Å². The SMILES string of the molecule is CSCCC(O)C(=O)NCCN1CCN(c2ncccn2)CC1. The molecule has 0 saturated carbocycles. The van der Waals surface area contributed by atoms with Crippen LogP contribution in [0.1, 0.15) is 6.42 Å². The molecule has 1 amide bonds. The summed E-state index contributed by atoms with van der Waals surface area (Å²) >= 11 is 1.63. The molecule has 0 radical (unpaired) electrons. The van der Waals surface area contributed by atoms with Gasteiger partial charge in [0.05, 0.1) is 0 Å². The number of anilines is 1. The van der Waals surface area contributed by atoms with Crippen molar-refractivity contribution in [3.8, 4) is 0 Å². The van der Waals surface area contributed by atoms with Gasteiger partial charge < -0.3 is 15.3 Å². The molecule has 2 heterocycles. The maximum atomic E-state index is 11.7. The van der Waals surface area contributed by atoms with Crippen molar-refractivity contribution in [3.63, 3.8) is 0 Å². The first-order valence-electron chi connectivity index (χ1n) is 7.89. The molecule has 23 heavy (non-hydrogen) atoms. The summed E-state index contributed by atoms with van der Waals surface area (Å²) in [5.74, 6) is 1.30. The van der Waals surface area contributed by atoms with Crippen LogP contribution in [0.2, 0.25) is 0 Å². The lowest BCUT2D eigenvalue weighted by atomic mass is 10.2. The highest BCUT2D eigenvalue weighted by Crippen LogP contribution is 2.09. The predicted molar refractivity (Wildman–Crippen MR) is 92.7 cm³/mol. The maximum absolute atomic E-state index is 11.7. The molecule has 1 aromatic rings. The lowest BCUT2D eigenvalue weighted by Crippen LogP contribution is -2.49. The lowest BCUT2D eigenvalue weighted by Gasteiger charge is -2.34. The Morgan fingerprint density at radius 3 is 2.70 bits per heavy atom. The number of hydrogen-bond acceptors (Lipinski definition) is 7. The quantitative estimate of drug-likeness (QED) is 0.680. The topological polar surface area (TPSA) is 81.6 Å². The van der Waals surface area contributed by atoms with Gasteiger partial charge in [-0.2, -0.15) is 11.8 Å². The molecule has 1 saturated heterocycles. The average Bonchev–Trinajstić information content (AvgIpc) is 2.61. The Labute approximate surface area is 141 Å². The van der Waals surface area contributed by atoms with E-state index in [2.05, 4.69) is 25.1 Å². The first kappa shape index (κ1) is 18.0. The van der Waals surface area contributed by atoms with Gasteiger partial charge in [-0.05, 0) is 24.5 Å². The minimum atomic E-state index is -0.894. The first-order chi connectivity index (χ1) is 11.2. The van der Waals surface area contributed by atoms with Gasteiger partial charge in [0.15, 0.2) is 0 Å². The third-order valence-corrected chi connectivity index (χ3v) is 4.48. The molecule has 1 atom stereocenters. The number of rotatable bonds is 8. The number of amides is 1. The maximum Gasteiger partial charge on any atom is 0.248 e. The summed E-state index contributed by atoms with van der Waals surface area (Å²) in [5, 5.41) is 12.5. The van der Waals surface area contributed by atoms with Crippen LogP contribution in [0.3, 0.4) is 0 Å². The highest BCUT2D eigenvalue weighted by atomic mass is 32.2. The van der Waals surface area contributed by atoms with Crippen molar-refractivity contribution in [2.45, 2.75) is 12.5 Å². The third-order valence-electron chi connectivity index (χ3n) is 3.83. The number of nitrogens with one attached hydrogen (secondary N) is 1. The van der Waals surface area contributed by atoms with Crippen molar-refractivity contribution in [2.75, 3.05) is 56.2 Å². The minimum Gasteiger partial charge on any atom is -0.383 e. The molecule has 0 aromatic carbocycles. The van der Waals surface area contributed by atoms with E-state index in [4.69, 9.17) is 0 Å². The summed E-state index contributed by atoms with van der Waals surface area (Å²) in [7, 11) is 0. The zero-order valence-electron chi connectivity index (χ0n) is 13.5. The zero-order chi connectivity index (χ0) is 16.5. The summed E-state index contributed by atoms with van der Waals surface area (Å²) < 4.78 is 0. The number of piperazine rings is 1. The van der Waals surface area contributed by atoms with Crippen LogP contribution in [0, 0.1) is 0 Å². The Balaban J connectivity index is 1.62. The van der Waals surface area contributed by atoms with Gasteiger partial charge in [0.2, 0.25) is 11.9 Å². The van der Waals surface area contributed by atoms with Crippen molar-refractivity contribution in [1.29, 1.82) is 0 Å². The number of thioether (sulfide) groups is 1. The predicted octanol–water partition coefficient (Wildman–Crippen LogP) is -0.171. The first-order valence-corrected chi connectivity index (χ1v) is 9.29. The Bertz CT molecular complexity index is 468. The van der Waals surface area contributed by atoms with E-state index in [1.54, 1.807) is 24.2 Å². The van der Waals surface area contributed by atoms with Gasteiger partial charge in [-0.3, -0.25) is 9.69 Å². The van der Waals surface area contributed by atoms with E-state index in [0.29, 0.717) is 13.0 Å². The van der Waals surface area contributed by atoms with E-state index in [1.807, 2.05) is 12.3 Å². The Morgan fingerprint density at radius 1 is 1.35 bits per heavy atom. The molecule has 1 aliphatic heterocycles. The van der Waals surface area contributed by atoms with Gasteiger partial charge in [0.25, 0.3) is 0 Å². The standard InChI is InChI=1S/C15H25N5O2S/c1-23-12-3-13(21)14(22)16-6-7-19-8-10-20(11-9-19)15-17-4-2-5-18-15/h2,4-5,13,21H,3,6-12H2,1H3,(H,16,22). The van der Waals surface area contributed by atoms with Gasteiger partial charge in [0.1, 0.15) is 6.10 Å². The molecular weight excluding hydrogens is 314 g/mol. The van der Waals surface area contributed by atoms with Gasteiger partial charge in [-0.1, -0.05) is 0 Å². The summed E-state index contributed by atoms with van der Waals surface area (Å²) in [6.07, 6.45) is 5.08. The highest BCUT2D eigenvalue weighted by Gasteiger charge is 2.19. The molecule has 0 spiro atoms. The van der Waals surface area contributed by atoms with Crippen molar-refractivity contribution < 1.29 is 9.90 Å². The van der Waals surface area contributed by atoms with Crippen LogP contribution in [-0.2, 0) is 4.79 Å². The van der Waals surface area contributed by atoms with Crippen molar-refractivity contribution in [3.05, 3.63) is 18.5 Å². The van der Waals surface area contributed by atoms with Crippen molar-refractivity contribution >= 4 is 23.6 Å². The van der Waals surface area contributed by atoms with Crippen LogP contribution >= 0.6 is 11.8 Å². The van der Waals surface area contributed by atoms with Gasteiger partial charge in [-0.15, -0.1) is 0 Å². The smallest absolute Gasteiger partial charge is 0.248 e. The number of carbonyl (C=O) groups excluding carboxylic acids is 1. The molecule has 2 N–H and O–H groups in total. The summed E-state index contributed by atoms with van der Waals surface area (Å²) in [6, 6.07) is 1.82. The van der Waals surface area contributed by atoms with Gasteiger partial charge in [0, 0.05) is 51.7 Å². The summed E-state index contributed by atoms with van der Waals surface area (Å²) in [5.41, 5.74) is 0. The molecule has 1 fully saturated rings. The second-order valence-electron chi connectivity index (χ2n) is 5.47. The number of nitrogens with zero attached hydrogens (tertiary/aromatic N) is 4. The van der Waals surface area contributed by atoms with Crippen LogP contribution in [0.25, 0.3) is 0 Å². The Morgan fingerprint density at radius 2 is 2.04 bits per heavy atom. The largest absolute Gasteiger partial charge is 0.383 e. The number of aliphatic hydroxyl groups is 1. The third kappa shape index (κ3) is 5.96. The van der Waals surface area contributed by atoms with E-state index in [9.17, 15) is 9.90 Å². The van der Waals surface area contributed by atoms with E-state index >= 15 is 0 Å². The fourth-order valence-electron chi connectivity index (χ4n) is 2.44. The Hall–Kier alpha value is -1.38. The van der Waals surface area contributed by atoms with Crippen LogP contribution in [0.15, 0.2) is 18.5 Å². The zero-order valence-corrected chi connectivity index (χ0v) is 14.3. The fourth-order valence-corrected chi connectivity index (χ4v) is 2.90. The minimum absolute atomic E-state index is 0.268. The second kappa shape index (κ2) is 9.69. The summed E-state index contributed by atoms with van der Waals surface area (Å²) in [4.78, 5) is 24.7. The second-order valence-corrected chi connectivity index (χ2v) is 6.45. The molecule has 7 nitrogen and oxygen atoms in total. The molecule has 8 heteroatoms. The van der Waals surface area contributed by atoms with Gasteiger partial charge >= 0.3 is 0 Å². The number of aliphatic hydroxyl groups excluding tert-OH is 1. The number of carbonyl (C=O) groups is 1. The van der Waals surface area contributed by atoms with E-state index in [-0.39, 0.29) is 5.91 Å². The van der Waals surface area contributed by atoms with Crippen molar-refractivity contribution in [1.82, 2.24) is 20.2 Å².